The molecule has 1 fully saturated rings. The predicted octanol–water partition coefficient (Wildman–Crippen LogP) is 2.45. The number of rotatable bonds is 6. The first kappa shape index (κ1) is 12.5. The van der Waals surface area contributed by atoms with Crippen LogP contribution in [-0.2, 0) is 21.2 Å². The molecule has 1 heterocycles. The number of unbranched alkanes of at least 4 members (excludes halogenated alkanes) is 2. The van der Waals surface area contributed by atoms with Crippen LogP contribution in [0.3, 0.4) is 0 Å². The number of hydrogen-bond donors (Lipinski definition) is 0. The van der Waals surface area contributed by atoms with Crippen LogP contribution in [0.15, 0.2) is 11.6 Å². The fourth-order valence-corrected chi connectivity index (χ4v) is 3.13. The molecule has 0 aromatic heterocycles. The molecule has 3 heteroatoms. The van der Waals surface area contributed by atoms with E-state index in [-0.39, 0.29) is 5.79 Å². The van der Waals surface area contributed by atoms with Gasteiger partial charge in [0.05, 0.1) is 19.5 Å². The van der Waals surface area contributed by atoms with E-state index in [2.05, 4.69) is 12.3 Å². The Kier molecular flexibility index (Phi) is 4.74. The molecule has 1 aliphatic heterocycles. The zero-order chi connectivity index (χ0) is 11.3. The van der Waals surface area contributed by atoms with Crippen molar-refractivity contribution in [3.63, 3.8) is 0 Å². The highest BCUT2D eigenvalue weighted by Crippen LogP contribution is 2.40. The summed E-state index contributed by atoms with van der Waals surface area (Å²) in [6.45, 7) is 1.54. The van der Waals surface area contributed by atoms with Gasteiger partial charge in [0.1, 0.15) is 5.75 Å². The molecule has 0 unspecified atom stereocenters. The zero-order valence-corrected chi connectivity index (χ0v) is 11.1. The molecular weight excluding hydrogens is 220 g/mol. The summed E-state index contributed by atoms with van der Waals surface area (Å²) in [6, 6.07) is 0. The van der Waals surface area contributed by atoms with Gasteiger partial charge in [-0.2, -0.15) is 0 Å². The zero-order valence-electron chi connectivity index (χ0n) is 10.2. The van der Waals surface area contributed by atoms with E-state index in [1.54, 1.807) is 0 Å². The summed E-state index contributed by atoms with van der Waals surface area (Å²) in [4.78, 5) is 0. The van der Waals surface area contributed by atoms with Crippen molar-refractivity contribution in [2.24, 2.45) is 0 Å². The molecule has 2 nitrogen and oxygen atoms in total. The van der Waals surface area contributed by atoms with Crippen LogP contribution < -0.4 is 0 Å². The third-order valence-electron chi connectivity index (χ3n) is 3.44. The molecule has 16 heavy (non-hydrogen) atoms. The van der Waals surface area contributed by atoms with Gasteiger partial charge in [-0.05, 0) is 49.4 Å². The quantitative estimate of drug-likeness (QED) is 0.309. The van der Waals surface area contributed by atoms with Crippen molar-refractivity contribution in [2.45, 2.75) is 44.3 Å². The number of allylic oxidation sites excluding steroid dienone is 1. The smallest absolute Gasteiger partial charge is 0.191 e. The van der Waals surface area contributed by atoms with Crippen LogP contribution in [0, 0.1) is 0 Å². The van der Waals surface area contributed by atoms with E-state index >= 15 is 0 Å². The number of thiol groups is 1. The highest BCUT2D eigenvalue weighted by Gasteiger charge is 2.42. The van der Waals surface area contributed by atoms with Crippen LogP contribution in [0.25, 0.3) is 0 Å². The molecule has 1 aliphatic carbocycles. The van der Waals surface area contributed by atoms with E-state index in [0.717, 1.165) is 26.1 Å². The molecule has 0 atom stereocenters. The van der Waals surface area contributed by atoms with Crippen LogP contribution in [0.2, 0.25) is 0 Å². The van der Waals surface area contributed by atoms with E-state index in [9.17, 15) is 0 Å². The Labute approximate surface area is 103 Å². The molecule has 1 spiro atoms. The van der Waals surface area contributed by atoms with Crippen LogP contribution in [0.4, 0.5) is 0 Å². The Hall–Kier alpha value is 0.01000. The molecule has 0 radical (unpaired) electrons. The van der Waals surface area contributed by atoms with Crippen molar-refractivity contribution in [3.8, 4) is 0 Å². The first-order valence-electron chi connectivity index (χ1n) is 6.40. The normalized spacial score (nSPS) is 22.9. The molecule has 1 saturated heterocycles. The fourth-order valence-electron chi connectivity index (χ4n) is 2.59. The van der Waals surface area contributed by atoms with Crippen molar-refractivity contribution in [1.82, 2.24) is 0 Å². The van der Waals surface area contributed by atoms with E-state index in [4.69, 9.17) is 9.47 Å². The Bertz CT molecular complexity index is 244. The number of ether oxygens (including phenoxy) is 2. The molecule has 92 valence electrons. The van der Waals surface area contributed by atoms with Crippen LogP contribution in [0.1, 0.15) is 38.5 Å². The fraction of sp³-hybridized carbons (Fsp3) is 0.846. The summed E-state index contributed by atoms with van der Waals surface area (Å²) >= 11 is 1.53. The molecule has 2 rings (SSSR count). The summed E-state index contributed by atoms with van der Waals surface area (Å²) in [5.74, 6) is 1.06. The maximum atomic E-state index is 5.80. The highest BCUT2D eigenvalue weighted by molar-refractivity contribution is 7.77. The van der Waals surface area contributed by atoms with E-state index < -0.39 is 0 Å². The van der Waals surface area contributed by atoms with Gasteiger partial charge in [0.2, 0.25) is 0 Å². The van der Waals surface area contributed by atoms with Gasteiger partial charge in [-0.3, -0.25) is 0 Å². The second-order valence-corrected chi connectivity index (χ2v) is 5.65. The lowest BCUT2D eigenvalue weighted by Crippen LogP contribution is -2.29. The molecule has 0 amide bonds. The van der Waals surface area contributed by atoms with Crippen molar-refractivity contribution in [1.29, 1.82) is 0 Å². The molecule has 0 saturated carbocycles. The van der Waals surface area contributed by atoms with Crippen molar-refractivity contribution < 1.29 is 9.47 Å². The monoisotopic (exact) mass is 243 g/mol. The first-order valence-corrected chi connectivity index (χ1v) is 7.93. The summed E-state index contributed by atoms with van der Waals surface area (Å²) in [6.07, 6.45) is 11.9. The summed E-state index contributed by atoms with van der Waals surface area (Å²) in [5, 5.41) is 0. The van der Waals surface area contributed by atoms with Gasteiger partial charge >= 0.3 is 0 Å². The van der Waals surface area contributed by atoms with Gasteiger partial charge < -0.3 is 9.47 Å². The standard InChI is InChI=1S/C13H22O2S/c1-16-11-4-2-3-6-12-7-5-8-13(12)14-9-10-15-13/h7H,2-6,8-11H2,1H3/p+1. The minimum Gasteiger partial charge on any atom is -0.344 e. The highest BCUT2D eigenvalue weighted by atomic mass is 32.2. The first-order chi connectivity index (χ1) is 7.87. The Morgan fingerprint density at radius 1 is 1.25 bits per heavy atom. The van der Waals surface area contributed by atoms with Gasteiger partial charge in [0.25, 0.3) is 0 Å². The van der Waals surface area contributed by atoms with Gasteiger partial charge in [0.15, 0.2) is 5.79 Å². The number of hydrogen-bond acceptors (Lipinski definition) is 2. The van der Waals surface area contributed by atoms with Crippen LogP contribution in [0.5, 0.6) is 0 Å². The van der Waals surface area contributed by atoms with Crippen molar-refractivity contribution in [2.75, 3.05) is 25.2 Å². The average molecular weight is 243 g/mol. The van der Waals surface area contributed by atoms with Gasteiger partial charge in [-0.25, -0.2) is 0 Å². The Morgan fingerprint density at radius 2 is 2.06 bits per heavy atom. The second kappa shape index (κ2) is 6.08. The van der Waals surface area contributed by atoms with Crippen LogP contribution >= 0.6 is 0 Å². The lowest BCUT2D eigenvalue weighted by Gasteiger charge is -2.25. The predicted molar refractivity (Wildman–Crippen MR) is 70.0 cm³/mol. The van der Waals surface area contributed by atoms with Gasteiger partial charge in [-0.15, -0.1) is 0 Å². The third-order valence-corrected chi connectivity index (χ3v) is 4.20. The lowest BCUT2D eigenvalue weighted by molar-refractivity contribution is -0.125. The van der Waals surface area contributed by atoms with E-state index in [0.29, 0.717) is 0 Å². The molecular formula is C13H23O2S+. The minimum atomic E-state index is -0.289. The molecule has 2 aliphatic rings. The Balaban J connectivity index is 1.72. The SMILES string of the molecule is C[SH+]CCCCCC1=CCCC12OCCO2. The minimum absolute atomic E-state index is 0.289. The van der Waals surface area contributed by atoms with E-state index in [1.807, 2.05) is 0 Å². The largest absolute Gasteiger partial charge is 0.344 e. The van der Waals surface area contributed by atoms with Crippen molar-refractivity contribution in [3.05, 3.63) is 11.6 Å². The molecule has 0 aromatic rings. The second-order valence-electron chi connectivity index (χ2n) is 4.57. The Morgan fingerprint density at radius 3 is 2.81 bits per heavy atom. The molecule has 0 N–H and O–H groups in total. The summed E-state index contributed by atoms with van der Waals surface area (Å²) in [5.41, 5.74) is 1.42. The van der Waals surface area contributed by atoms with E-state index in [1.165, 1.54) is 48.8 Å². The maximum Gasteiger partial charge on any atom is 0.191 e. The van der Waals surface area contributed by atoms with Crippen LogP contribution in [-0.4, -0.2) is 31.0 Å². The van der Waals surface area contributed by atoms with Gasteiger partial charge in [-0.1, -0.05) is 6.08 Å². The maximum absolute atomic E-state index is 5.80. The van der Waals surface area contributed by atoms with Gasteiger partial charge in [0, 0.05) is 6.42 Å². The summed E-state index contributed by atoms with van der Waals surface area (Å²) < 4.78 is 11.6. The lowest BCUT2D eigenvalue weighted by atomic mass is 10.0. The third kappa shape index (κ3) is 2.82. The molecule has 0 bridgehead atoms. The average Bonchev–Trinajstić information content (AvgIpc) is 2.91. The topological polar surface area (TPSA) is 18.5 Å². The summed E-state index contributed by atoms with van der Waals surface area (Å²) in [7, 11) is 0. The van der Waals surface area contributed by atoms with Crippen molar-refractivity contribution >= 4 is 11.8 Å². The molecule has 0 aromatic carbocycles.